The Morgan fingerprint density at radius 1 is 1.16 bits per heavy atom. The fourth-order valence-corrected chi connectivity index (χ4v) is 2.45. The van der Waals surface area contributed by atoms with Crippen LogP contribution in [0.15, 0.2) is 24.4 Å². The molecule has 0 spiro atoms. The molecule has 0 saturated heterocycles. The second kappa shape index (κ2) is 9.73. The van der Waals surface area contributed by atoms with E-state index in [0.29, 0.717) is 5.56 Å². The number of ketones is 1. The van der Waals surface area contributed by atoms with Gasteiger partial charge in [-0.15, -0.1) is 0 Å². The largest absolute Gasteiger partial charge is 0.479 e. The smallest absolute Gasteiger partial charge is 0.252 e. The molecule has 0 aliphatic rings. The summed E-state index contributed by atoms with van der Waals surface area (Å²) in [6.45, 7) is 1.95. The number of Topliss-reactive ketones (excluding diaryl/α,β-unsaturated/α-hetero) is 1. The van der Waals surface area contributed by atoms with Crippen LogP contribution < -0.4 is 15.8 Å². The van der Waals surface area contributed by atoms with E-state index in [1.807, 2.05) is 0 Å². The maximum atomic E-state index is 13.8. The van der Waals surface area contributed by atoms with Gasteiger partial charge in [0, 0.05) is 25.8 Å². The Labute approximate surface area is 175 Å². The lowest BCUT2D eigenvalue weighted by molar-refractivity contribution is -0.142. The summed E-state index contributed by atoms with van der Waals surface area (Å²) < 4.78 is 64.0. The number of aromatic nitrogens is 1. The predicted molar refractivity (Wildman–Crippen MR) is 102 cm³/mol. The number of nitrogen functional groups attached to an aromatic ring is 1. The molecule has 168 valence electrons. The van der Waals surface area contributed by atoms with Crippen molar-refractivity contribution in [1.82, 2.24) is 10.3 Å². The van der Waals surface area contributed by atoms with Crippen LogP contribution in [-0.2, 0) is 20.7 Å². The Morgan fingerprint density at radius 3 is 2.32 bits per heavy atom. The number of rotatable bonds is 9. The van der Waals surface area contributed by atoms with Crippen molar-refractivity contribution in [3.63, 3.8) is 0 Å². The molecular formula is C20H21F4N3O4. The Morgan fingerprint density at radius 2 is 1.77 bits per heavy atom. The zero-order chi connectivity index (χ0) is 23.3. The van der Waals surface area contributed by atoms with E-state index in [-0.39, 0.29) is 18.3 Å². The highest BCUT2D eigenvalue weighted by Gasteiger charge is 2.32. The van der Waals surface area contributed by atoms with Crippen molar-refractivity contribution >= 4 is 17.5 Å². The molecule has 1 aromatic heterocycles. The highest BCUT2D eigenvalue weighted by Crippen LogP contribution is 2.26. The first-order valence-electron chi connectivity index (χ1n) is 9.01. The van der Waals surface area contributed by atoms with E-state index < -0.39 is 59.0 Å². The van der Waals surface area contributed by atoms with E-state index >= 15 is 0 Å². The number of hydrogen-bond donors (Lipinski definition) is 2. The third-order valence-corrected chi connectivity index (χ3v) is 4.47. The number of ether oxygens (including phenoxy) is 2. The molecule has 7 nitrogen and oxygen atoms in total. The van der Waals surface area contributed by atoms with E-state index in [4.69, 9.17) is 15.2 Å². The van der Waals surface area contributed by atoms with Crippen molar-refractivity contribution in [2.75, 3.05) is 19.5 Å². The highest BCUT2D eigenvalue weighted by molar-refractivity contribution is 5.92. The van der Waals surface area contributed by atoms with Gasteiger partial charge in [-0.05, 0) is 31.5 Å². The Bertz CT molecular complexity index is 959. The molecule has 0 aliphatic heterocycles. The van der Waals surface area contributed by atoms with Crippen LogP contribution in [0, 0.1) is 23.3 Å². The van der Waals surface area contributed by atoms with Gasteiger partial charge in [-0.25, -0.2) is 13.8 Å². The van der Waals surface area contributed by atoms with Crippen LogP contribution in [0.4, 0.5) is 23.4 Å². The number of methoxy groups -OCH3 is 1. The quantitative estimate of drug-likeness (QED) is 0.456. The predicted octanol–water partition coefficient (Wildman–Crippen LogP) is 2.32. The maximum absolute atomic E-state index is 13.8. The third kappa shape index (κ3) is 5.91. The van der Waals surface area contributed by atoms with Gasteiger partial charge in [-0.2, -0.15) is 8.78 Å². The maximum Gasteiger partial charge on any atom is 0.252 e. The summed E-state index contributed by atoms with van der Waals surface area (Å²) in [6, 6.07) is 1.80. The van der Waals surface area contributed by atoms with Gasteiger partial charge in [0.05, 0.1) is 6.04 Å². The SMILES string of the molecule is COC(C)(C)C(=O)NC(Cc1ccnc(N)c1)C(=O)COc1c(F)c(F)cc(F)c1F. The number of pyridine rings is 1. The second-order valence-electron chi connectivity index (χ2n) is 7.09. The number of nitrogens with two attached hydrogens (primary N) is 1. The zero-order valence-electron chi connectivity index (χ0n) is 17.0. The summed E-state index contributed by atoms with van der Waals surface area (Å²) >= 11 is 0. The van der Waals surface area contributed by atoms with Gasteiger partial charge in [0.25, 0.3) is 5.91 Å². The molecule has 31 heavy (non-hydrogen) atoms. The molecule has 1 aromatic carbocycles. The van der Waals surface area contributed by atoms with Crippen molar-refractivity contribution in [3.8, 4) is 5.75 Å². The molecule has 1 unspecified atom stereocenters. The standard InChI is InChI=1S/C20H21F4N3O4/c1-20(2,30-3)19(29)27-13(6-10-4-5-26-15(25)7-10)14(28)9-31-18-16(23)11(21)8-12(22)17(18)24/h4-5,7-8,13H,6,9H2,1-3H3,(H2,25,26)(H,27,29). The number of carbonyl (C=O) groups is 2. The van der Waals surface area contributed by atoms with Gasteiger partial charge in [0.15, 0.2) is 23.2 Å². The fraction of sp³-hybridized carbons (Fsp3) is 0.350. The highest BCUT2D eigenvalue weighted by atomic mass is 19.2. The number of hydrogen-bond acceptors (Lipinski definition) is 6. The van der Waals surface area contributed by atoms with E-state index in [1.165, 1.54) is 33.2 Å². The normalized spacial score (nSPS) is 12.4. The molecule has 3 N–H and O–H groups in total. The van der Waals surface area contributed by atoms with Gasteiger partial charge in [-0.3, -0.25) is 9.59 Å². The van der Waals surface area contributed by atoms with Crippen LogP contribution in [0.25, 0.3) is 0 Å². The van der Waals surface area contributed by atoms with Crippen LogP contribution in [0.5, 0.6) is 5.75 Å². The first-order valence-corrected chi connectivity index (χ1v) is 9.01. The van der Waals surface area contributed by atoms with Gasteiger partial charge in [0.1, 0.15) is 18.0 Å². The summed E-state index contributed by atoms with van der Waals surface area (Å²) in [5, 5.41) is 2.47. The van der Waals surface area contributed by atoms with Crippen molar-refractivity contribution in [3.05, 3.63) is 53.2 Å². The van der Waals surface area contributed by atoms with E-state index in [1.54, 1.807) is 6.07 Å². The zero-order valence-corrected chi connectivity index (χ0v) is 17.0. The molecule has 2 rings (SSSR count). The van der Waals surface area contributed by atoms with Gasteiger partial charge >= 0.3 is 0 Å². The van der Waals surface area contributed by atoms with Crippen molar-refractivity contribution in [2.24, 2.45) is 0 Å². The summed E-state index contributed by atoms with van der Waals surface area (Å²) in [5.41, 5.74) is 4.85. The van der Waals surface area contributed by atoms with E-state index in [2.05, 4.69) is 10.3 Å². The number of nitrogens with one attached hydrogen (secondary N) is 1. The third-order valence-electron chi connectivity index (χ3n) is 4.47. The number of nitrogens with zero attached hydrogens (tertiary/aromatic N) is 1. The van der Waals surface area contributed by atoms with Crippen molar-refractivity contribution in [2.45, 2.75) is 31.9 Å². The molecular weight excluding hydrogens is 422 g/mol. The minimum atomic E-state index is -1.78. The van der Waals surface area contributed by atoms with Gasteiger partial charge in [-0.1, -0.05) is 0 Å². The molecule has 0 aliphatic carbocycles. The van der Waals surface area contributed by atoms with Crippen LogP contribution in [-0.4, -0.2) is 42.0 Å². The molecule has 1 amide bonds. The lowest BCUT2D eigenvalue weighted by atomic mass is 10.0. The fourth-order valence-electron chi connectivity index (χ4n) is 2.45. The molecule has 0 fully saturated rings. The van der Waals surface area contributed by atoms with Crippen LogP contribution in [0.1, 0.15) is 19.4 Å². The topological polar surface area (TPSA) is 104 Å². The monoisotopic (exact) mass is 443 g/mol. The molecule has 0 bridgehead atoms. The van der Waals surface area contributed by atoms with Crippen LogP contribution in [0.3, 0.4) is 0 Å². The first-order chi connectivity index (χ1) is 14.5. The molecule has 0 radical (unpaired) electrons. The first kappa shape index (κ1) is 24.1. The Hall–Kier alpha value is -3.21. The van der Waals surface area contributed by atoms with Crippen LogP contribution >= 0.6 is 0 Å². The van der Waals surface area contributed by atoms with Crippen molar-refractivity contribution in [1.29, 1.82) is 0 Å². The number of benzene rings is 1. The lowest BCUT2D eigenvalue weighted by Gasteiger charge is -2.26. The molecule has 2 aromatic rings. The van der Waals surface area contributed by atoms with E-state index in [0.717, 1.165) is 0 Å². The number of halogens is 4. The van der Waals surface area contributed by atoms with Crippen LogP contribution in [0.2, 0.25) is 0 Å². The Kier molecular flexibility index (Phi) is 7.55. The Balaban J connectivity index is 2.24. The molecule has 1 heterocycles. The minimum absolute atomic E-state index is 0.0169. The molecule has 11 heteroatoms. The average molecular weight is 443 g/mol. The number of amides is 1. The second-order valence-corrected chi connectivity index (χ2v) is 7.09. The number of anilines is 1. The minimum Gasteiger partial charge on any atom is -0.479 e. The average Bonchev–Trinajstić information content (AvgIpc) is 2.71. The summed E-state index contributed by atoms with van der Waals surface area (Å²) in [5.74, 6) is -9.60. The summed E-state index contributed by atoms with van der Waals surface area (Å²) in [4.78, 5) is 29.0. The summed E-state index contributed by atoms with van der Waals surface area (Å²) in [7, 11) is 1.30. The van der Waals surface area contributed by atoms with E-state index in [9.17, 15) is 27.2 Å². The lowest BCUT2D eigenvalue weighted by Crippen LogP contribution is -2.52. The van der Waals surface area contributed by atoms with Gasteiger partial charge in [0.2, 0.25) is 11.6 Å². The molecule has 0 saturated carbocycles. The molecule has 1 atom stereocenters. The van der Waals surface area contributed by atoms with Gasteiger partial charge < -0.3 is 20.5 Å². The summed E-state index contributed by atoms with van der Waals surface area (Å²) in [6.07, 6.45) is 1.33. The number of carbonyl (C=O) groups excluding carboxylic acids is 2. The van der Waals surface area contributed by atoms with Crippen molar-refractivity contribution < 1.29 is 36.6 Å².